The summed E-state index contributed by atoms with van der Waals surface area (Å²) in [6.07, 6.45) is 11.9. The molecular weight excluding hydrogens is 192 g/mol. The van der Waals surface area contributed by atoms with Gasteiger partial charge in [-0.05, 0) is 48.3 Å². The maximum absolute atomic E-state index is 2.54. The molecule has 0 saturated heterocycles. The van der Waals surface area contributed by atoms with Crippen molar-refractivity contribution in [3.8, 4) is 0 Å². The maximum Gasteiger partial charge on any atom is -0.0202 e. The highest BCUT2D eigenvalue weighted by atomic mass is 14.6. The van der Waals surface area contributed by atoms with Crippen LogP contribution in [0.2, 0.25) is 0 Å². The Morgan fingerprint density at radius 1 is 1.25 bits per heavy atom. The van der Waals surface area contributed by atoms with Crippen LogP contribution >= 0.6 is 0 Å². The lowest BCUT2D eigenvalue weighted by Gasteiger charge is -2.61. The van der Waals surface area contributed by atoms with E-state index < -0.39 is 0 Å². The van der Waals surface area contributed by atoms with Gasteiger partial charge in [-0.15, -0.1) is 0 Å². The molecular formula is C16H28. The standard InChI is InChI=1S/C16H28/c1-5-6-7-8-9-13-10-14-11-15(12(13)2)16(14,3)4/h8-9,12-15H,5-7,10-11H2,1-4H3/b9-8+/t12-,13+,14+,15+/m0/s1. The summed E-state index contributed by atoms with van der Waals surface area (Å²) in [5, 5.41) is 0. The first-order valence-corrected chi connectivity index (χ1v) is 7.24. The van der Waals surface area contributed by atoms with Crippen molar-refractivity contribution in [2.45, 2.75) is 59.8 Å². The zero-order valence-electron chi connectivity index (χ0n) is 11.5. The molecule has 3 aliphatic carbocycles. The van der Waals surface area contributed by atoms with E-state index in [0.717, 1.165) is 23.7 Å². The van der Waals surface area contributed by atoms with E-state index in [0.29, 0.717) is 5.41 Å². The highest BCUT2D eigenvalue weighted by Gasteiger charge is 2.55. The van der Waals surface area contributed by atoms with Crippen molar-refractivity contribution in [1.82, 2.24) is 0 Å². The van der Waals surface area contributed by atoms with Gasteiger partial charge in [0, 0.05) is 0 Å². The Morgan fingerprint density at radius 3 is 2.56 bits per heavy atom. The van der Waals surface area contributed by atoms with E-state index in [9.17, 15) is 0 Å². The van der Waals surface area contributed by atoms with Gasteiger partial charge < -0.3 is 0 Å². The molecule has 0 aromatic rings. The van der Waals surface area contributed by atoms with Gasteiger partial charge in [0.05, 0.1) is 0 Å². The van der Waals surface area contributed by atoms with Crippen LogP contribution in [0, 0.1) is 29.1 Å². The predicted molar refractivity (Wildman–Crippen MR) is 71.3 cm³/mol. The lowest BCUT2D eigenvalue weighted by molar-refractivity contribution is -0.118. The van der Waals surface area contributed by atoms with Gasteiger partial charge in [-0.3, -0.25) is 0 Å². The van der Waals surface area contributed by atoms with Crippen molar-refractivity contribution < 1.29 is 0 Å². The summed E-state index contributed by atoms with van der Waals surface area (Å²) in [6.45, 7) is 9.73. The first kappa shape index (κ1) is 12.2. The normalized spacial score (nSPS) is 41.0. The van der Waals surface area contributed by atoms with Gasteiger partial charge in [-0.2, -0.15) is 0 Å². The Bertz CT molecular complexity index is 261. The minimum atomic E-state index is 0.646. The third-order valence-corrected chi connectivity index (χ3v) is 5.52. The highest BCUT2D eigenvalue weighted by molar-refractivity contribution is 5.09. The van der Waals surface area contributed by atoms with E-state index in [2.05, 4.69) is 39.8 Å². The lowest BCUT2D eigenvalue weighted by atomic mass is 9.43. The Kier molecular flexibility index (Phi) is 3.47. The molecule has 0 heterocycles. The Balaban J connectivity index is 1.88. The number of rotatable bonds is 4. The summed E-state index contributed by atoms with van der Waals surface area (Å²) >= 11 is 0. The maximum atomic E-state index is 2.54. The van der Waals surface area contributed by atoms with Crippen LogP contribution in [0.4, 0.5) is 0 Å². The van der Waals surface area contributed by atoms with Crippen molar-refractivity contribution in [3.63, 3.8) is 0 Å². The fraction of sp³-hybridized carbons (Fsp3) is 0.875. The topological polar surface area (TPSA) is 0 Å². The Hall–Kier alpha value is -0.260. The molecule has 0 aliphatic heterocycles. The molecule has 16 heavy (non-hydrogen) atoms. The molecule has 3 fully saturated rings. The molecule has 2 bridgehead atoms. The molecule has 0 amide bonds. The number of unbranched alkanes of at least 4 members (excludes halogenated alkanes) is 2. The van der Waals surface area contributed by atoms with Crippen molar-refractivity contribution in [1.29, 1.82) is 0 Å². The van der Waals surface area contributed by atoms with Gasteiger partial charge in [-0.1, -0.05) is 52.7 Å². The number of fused-ring (bicyclic) bond motifs is 2. The molecule has 92 valence electrons. The lowest BCUT2D eigenvalue weighted by Crippen LogP contribution is -2.54. The third-order valence-electron chi connectivity index (χ3n) is 5.52. The molecule has 0 unspecified atom stereocenters. The predicted octanol–water partition coefficient (Wildman–Crippen LogP) is 5.05. The average Bonchev–Trinajstić information content (AvgIpc) is 2.25. The minimum absolute atomic E-state index is 0.646. The smallest absolute Gasteiger partial charge is 0.0202 e. The zero-order chi connectivity index (χ0) is 11.8. The van der Waals surface area contributed by atoms with Crippen LogP contribution in [0.15, 0.2) is 12.2 Å². The average molecular weight is 220 g/mol. The number of hydrogen-bond acceptors (Lipinski definition) is 0. The summed E-state index contributed by atoms with van der Waals surface area (Å²) < 4.78 is 0. The molecule has 0 N–H and O–H groups in total. The summed E-state index contributed by atoms with van der Waals surface area (Å²) in [4.78, 5) is 0. The zero-order valence-corrected chi connectivity index (χ0v) is 11.5. The first-order valence-electron chi connectivity index (χ1n) is 7.24. The first-order chi connectivity index (χ1) is 7.57. The SMILES string of the molecule is CCCC/C=C/[C@@H]1C[C@@H]2C[C@H]([C@H]1C)C2(C)C. The molecule has 0 radical (unpaired) electrons. The second-order valence-corrected chi connectivity index (χ2v) is 6.69. The van der Waals surface area contributed by atoms with E-state index >= 15 is 0 Å². The molecule has 3 aliphatic rings. The van der Waals surface area contributed by atoms with Gasteiger partial charge in [0.25, 0.3) is 0 Å². The number of allylic oxidation sites excluding steroid dienone is 2. The van der Waals surface area contributed by atoms with E-state index in [1.807, 2.05) is 0 Å². The monoisotopic (exact) mass is 220 g/mol. The third kappa shape index (κ3) is 1.96. The second-order valence-electron chi connectivity index (χ2n) is 6.69. The van der Waals surface area contributed by atoms with Crippen LogP contribution in [0.25, 0.3) is 0 Å². The molecule has 0 nitrogen and oxygen atoms in total. The number of hydrogen-bond donors (Lipinski definition) is 0. The van der Waals surface area contributed by atoms with E-state index in [1.165, 1.54) is 32.1 Å². The molecule has 0 aromatic carbocycles. The summed E-state index contributed by atoms with van der Waals surface area (Å²) in [6, 6.07) is 0. The van der Waals surface area contributed by atoms with Gasteiger partial charge in [0.2, 0.25) is 0 Å². The van der Waals surface area contributed by atoms with Crippen molar-refractivity contribution in [2.24, 2.45) is 29.1 Å². The second kappa shape index (κ2) is 4.55. The van der Waals surface area contributed by atoms with Gasteiger partial charge in [-0.25, -0.2) is 0 Å². The fourth-order valence-corrected chi connectivity index (χ4v) is 4.04. The minimum Gasteiger partial charge on any atom is -0.0882 e. The Labute approximate surface area is 102 Å². The van der Waals surface area contributed by atoms with Gasteiger partial charge in [0.1, 0.15) is 0 Å². The quantitative estimate of drug-likeness (QED) is 0.459. The van der Waals surface area contributed by atoms with Crippen LogP contribution in [0.3, 0.4) is 0 Å². The molecule has 4 atom stereocenters. The molecule has 3 saturated carbocycles. The largest absolute Gasteiger partial charge is 0.0882 e. The van der Waals surface area contributed by atoms with Crippen molar-refractivity contribution >= 4 is 0 Å². The van der Waals surface area contributed by atoms with Crippen LogP contribution in [0.5, 0.6) is 0 Å². The molecule has 0 spiro atoms. The highest BCUT2D eigenvalue weighted by Crippen LogP contribution is 2.63. The summed E-state index contributed by atoms with van der Waals surface area (Å²) in [7, 11) is 0. The summed E-state index contributed by atoms with van der Waals surface area (Å²) in [5.74, 6) is 3.80. The van der Waals surface area contributed by atoms with Crippen LogP contribution in [0.1, 0.15) is 59.8 Å². The van der Waals surface area contributed by atoms with Crippen LogP contribution in [-0.4, -0.2) is 0 Å². The van der Waals surface area contributed by atoms with Gasteiger partial charge in [0.15, 0.2) is 0 Å². The molecule has 3 rings (SSSR count). The fourth-order valence-electron chi connectivity index (χ4n) is 4.04. The van der Waals surface area contributed by atoms with E-state index in [4.69, 9.17) is 0 Å². The van der Waals surface area contributed by atoms with Crippen molar-refractivity contribution in [2.75, 3.05) is 0 Å². The van der Waals surface area contributed by atoms with Crippen molar-refractivity contribution in [3.05, 3.63) is 12.2 Å². The van der Waals surface area contributed by atoms with Crippen LogP contribution < -0.4 is 0 Å². The molecule has 0 aromatic heterocycles. The van der Waals surface area contributed by atoms with E-state index in [1.54, 1.807) is 0 Å². The summed E-state index contributed by atoms with van der Waals surface area (Å²) in [5.41, 5.74) is 0.646. The van der Waals surface area contributed by atoms with Crippen LogP contribution in [-0.2, 0) is 0 Å². The van der Waals surface area contributed by atoms with Gasteiger partial charge >= 0.3 is 0 Å². The Morgan fingerprint density at radius 2 is 2.00 bits per heavy atom. The van der Waals surface area contributed by atoms with E-state index in [-0.39, 0.29) is 0 Å². The molecule has 0 heteroatoms.